The minimum atomic E-state index is -0.741. The highest BCUT2D eigenvalue weighted by molar-refractivity contribution is 5.95. The number of hydrogen-bond acceptors (Lipinski definition) is 5. The fraction of sp³-hybridized carbons (Fsp3) is 0. The Hall–Kier alpha value is -4.01. The maximum Gasteiger partial charge on any atom is 0.220 e. The first-order chi connectivity index (χ1) is 13.7. The summed E-state index contributed by atoms with van der Waals surface area (Å²) in [6.45, 7) is 0. The van der Waals surface area contributed by atoms with Gasteiger partial charge in [0.15, 0.2) is 0 Å². The van der Waals surface area contributed by atoms with Crippen LogP contribution in [0.1, 0.15) is 0 Å². The second-order valence-electron chi connectivity index (χ2n) is 6.05. The van der Waals surface area contributed by atoms with Crippen LogP contribution in [-0.4, -0.2) is 35.2 Å². The number of benzene rings is 1. The molecule has 5 rings (SSSR count). The van der Waals surface area contributed by atoms with Crippen molar-refractivity contribution < 1.29 is 8.78 Å². The highest BCUT2D eigenvalue weighted by atomic mass is 19.1. The van der Waals surface area contributed by atoms with E-state index < -0.39 is 11.8 Å². The van der Waals surface area contributed by atoms with Crippen LogP contribution < -0.4 is 0 Å². The zero-order valence-corrected chi connectivity index (χ0v) is 14.2. The van der Waals surface area contributed by atoms with Crippen molar-refractivity contribution in [2.45, 2.75) is 0 Å². The van der Waals surface area contributed by atoms with E-state index in [1.807, 2.05) is 0 Å². The molecule has 7 nitrogen and oxygen atoms in total. The zero-order chi connectivity index (χ0) is 19.1. The van der Waals surface area contributed by atoms with Crippen LogP contribution in [0.15, 0.2) is 61.2 Å². The molecule has 0 spiro atoms. The summed E-state index contributed by atoms with van der Waals surface area (Å²) in [7, 11) is 0. The minimum Gasteiger partial charge on any atom is -0.277 e. The molecule has 0 atom stereocenters. The number of H-pyrrole nitrogens is 1. The van der Waals surface area contributed by atoms with Crippen molar-refractivity contribution in [1.82, 2.24) is 35.2 Å². The summed E-state index contributed by atoms with van der Waals surface area (Å²) in [5, 5.41) is 15.9. The summed E-state index contributed by atoms with van der Waals surface area (Å²) >= 11 is 0. The zero-order valence-electron chi connectivity index (χ0n) is 14.2. The average Bonchev–Trinajstić information content (AvgIpc) is 3.35. The molecule has 0 unspecified atom stereocenters. The summed E-state index contributed by atoms with van der Waals surface area (Å²) in [6, 6.07) is 9.43. The Kier molecular flexibility index (Phi) is 3.64. The number of hydrogen-bond donors (Lipinski definition) is 1. The minimum absolute atomic E-state index is 0.0782. The van der Waals surface area contributed by atoms with E-state index >= 15 is 0 Å². The maximum absolute atomic E-state index is 14.5. The van der Waals surface area contributed by atoms with Crippen LogP contribution in [0.4, 0.5) is 8.78 Å². The number of pyridine rings is 2. The van der Waals surface area contributed by atoms with E-state index in [0.29, 0.717) is 22.3 Å². The molecular weight excluding hydrogens is 364 g/mol. The van der Waals surface area contributed by atoms with Crippen LogP contribution in [0.3, 0.4) is 0 Å². The third kappa shape index (κ3) is 2.60. The van der Waals surface area contributed by atoms with E-state index in [1.165, 1.54) is 24.4 Å². The summed E-state index contributed by atoms with van der Waals surface area (Å²) in [4.78, 5) is 7.57. The van der Waals surface area contributed by atoms with E-state index in [4.69, 9.17) is 0 Å². The summed E-state index contributed by atoms with van der Waals surface area (Å²) in [5.74, 6) is -1.32. The quantitative estimate of drug-likeness (QED) is 0.488. The Morgan fingerprint density at radius 1 is 0.964 bits per heavy atom. The van der Waals surface area contributed by atoms with Crippen molar-refractivity contribution in [3.63, 3.8) is 0 Å². The second-order valence-corrected chi connectivity index (χ2v) is 6.05. The van der Waals surface area contributed by atoms with Crippen LogP contribution in [0, 0.1) is 11.8 Å². The molecule has 4 heterocycles. The van der Waals surface area contributed by atoms with Gasteiger partial charge in [0.1, 0.15) is 17.2 Å². The van der Waals surface area contributed by atoms with Crippen molar-refractivity contribution in [2.75, 3.05) is 0 Å². The van der Waals surface area contributed by atoms with Gasteiger partial charge in [-0.15, -0.1) is 5.10 Å². The van der Waals surface area contributed by atoms with Crippen molar-refractivity contribution >= 4 is 10.9 Å². The number of aromatic nitrogens is 7. The van der Waals surface area contributed by atoms with E-state index in [-0.39, 0.29) is 11.1 Å². The predicted octanol–water partition coefficient (Wildman–Crippen LogP) is 3.55. The molecule has 0 fully saturated rings. The van der Waals surface area contributed by atoms with Crippen LogP contribution in [-0.2, 0) is 0 Å². The van der Waals surface area contributed by atoms with Gasteiger partial charge in [-0.25, -0.2) is 14.1 Å². The van der Waals surface area contributed by atoms with Gasteiger partial charge in [-0.05, 0) is 30.3 Å². The lowest BCUT2D eigenvalue weighted by atomic mass is 10.0. The smallest absolute Gasteiger partial charge is 0.220 e. The van der Waals surface area contributed by atoms with Crippen LogP contribution in [0.2, 0.25) is 0 Å². The highest BCUT2D eigenvalue weighted by Crippen LogP contribution is 2.32. The molecular formula is C19H11F2N7. The first-order valence-corrected chi connectivity index (χ1v) is 8.32. The number of nitrogens with one attached hydrogen (secondary N) is 1. The lowest BCUT2D eigenvalue weighted by molar-refractivity contribution is 0.583. The summed E-state index contributed by atoms with van der Waals surface area (Å²) in [6.07, 6.45) is 6.32. The third-order valence-electron chi connectivity index (χ3n) is 4.36. The molecule has 1 N–H and O–H groups in total. The van der Waals surface area contributed by atoms with Gasteiger partial charge in [0.2, 0.25) is 5.95 Å². The second kappa shape index (κ2) is 6.31. The molecule has 5 aromatic rings. The Morgan fingerprint density at radius 2 is 1.82 bits per heavy atom. The fourth-order valence-electron chi connectivity index (χ4n) is 3.02. The van der Waals surface area contributed by atoms with Crippen LogP contribution in [0.5, 0.6) is 0 Å². The summed E-state index contributed by atoms with van der Waals surface area (Å²) in [5.41, 5.74) is 2.42. The van der Waals surface area contributed by atoms with Gasteiger partial charge in [-0.3, -0.25) is 10.1 Å². The van der Waals surface area contributed by atoms with Gasteiger partial charge in [-0.1, -0.05) is 5.21 Å². The highest BCUT2D eigenvalue weighted by Gasteiger charge is 2.18. The first kappa shape index (κ1) is 16.2. The molecule has 0 bridgehead atoms. The Balaban J connectivity index is 1.65. The van der Waals surface area contributed by atoms with Gasteiger partial charge in [0, 0.05) is 41.2 Å². The largest absolute Gasteiger partial charge is 0.277 e. The molecule has 28 heavy (non-hydrogen) atoms. The predicted molar refractivity (Wildman–Crippen MR) is 97.4 cm³/mol. The fourth-order valence-corrected chi connectivity index (χ4v) is 3.02. The molecule has 0 amide bonds. The molecule has 1 aromatic carbocycles. The van der Waals surface area contributed by atoms with Crippen molar-refractivity contribution in [1.29, 1.82) is 0 Å². The molecule has 0 radical (unpaired) electrons. The van der Waals surface area contributed by atoms with E-state index in [0.717, 1.165) is 5.69 Å². The van der Waals surface area contributed by atoms with Crippen molar-refractivity contribution in [2.24, 2.45) is 0 Å². The number of fused-ring (bicyclic) bond motifs is 1. The van der Waals surface area contributed by atoms with Crippen LogP contribution in [0.25, 0.3) is 39.1 Å². The topological polar surface area (TPSA) is 85.2 Å². The lowest BCUT2D eigenvalue weighted by Gasteiger charge is -2.05. The Labute approximate surface area is 156 Å². The molecule has 0 saturated heterocycles. The van der Waals surface area contributed by atoms with Gasteiger partial charge in [-0.2, -0.15) is 9.49 Å². The maximum atomic E-state index is 14.5. The summed E-state index contributed by atoms with van der Waals surface area (Å²) < 4.78 is 30.2. The number of halogens is 2. The molecule has 0 aliphatic carbocycles. The first-order valence-electron chi connectivity index (χ1n) is 8.32. The van der Waals surface area contributed by atoms with Gasteiger partial charge >= 0.3 is 0 Å². The number of nitrogens with zero attached hydrogens (tertiary/aromatic N) is 6. The van der Waals surface area contributed by atoms with Gasteiger partial charge in [0.05, 0.1) is 17.4 Å². The van der Waals surface area contributed by atoms with Crippen molar-refractivity contribution in [3.05, 3.63) is 73.0 Å². The number of aromatic amines is 1. The molecule has 9 heteroatoms. The monoisotopic (exact) mass is 375 g/mol. The molecule has 136 valence electrons. The van der Waals surface area contributed by atoms with Gasteiger partial charge in [0.25, 0.3) is 0 Å². The average molecular weight is 375 g/mol. The Morgan fingerprint density at radius 3 is 2.64 bits per heavy atom. The normalized spacial score (nSPS) is 11.2. The molecule has 0 saturated carbocycles. The van der Waals surface area contributed by atoms with E-state index in [2.05, 4.69) is 30.5 Å². The number of rotatable bonds is 3. The van der Waals surface area contributed by atoms with Crippen LogP contribution >= 0.6 is 0 Å². The third-order valence-corrected chi connectivity index (χ3v) is 4.36. The van der Waals surface area contributed by atoms with Gasteiger partial charge < -0.3 is 0 Å². The van der Waals surface area contributed by atoms with Crippen molar-refractivity contribution in [3.8, 4) is 28.2 Å². The van der Waals surface area contributed by atoms with E-state index in [9.17, 15) is 8.78 Å². The van der Waals surface area contributed by atoms with E-state index in [1.54, 1.807) is 41.5 Å². The molecule has 4 aromatic heterocycles. The lowest BCUT2D eigenvalue weighted by Crippen LogP contribution is -1.94. The SMILES string of the molecule is Fc1cc2[nH]nc(-c3cn(-c4ccncc4)nn3)c2cc1-c1cccnc1F. The molecule has 0 aliphatic rings. The Bertz CT molecular complexity index is 1290. The standard InChI is InChI=1S/C19H11F2N7/c20-15-9-16-14(8-13(15)12-2-1-5-23-19(12)21)18(26-24-16)17-10-28(27-25-17)11-3-6-22-7-4-11/h1-10H,(H,24,26). The molecule has 0 aliphatic heterocycles.